The van der Waals surface area contributed by atoms with Crippen molar-refractivity contribution in [1.29, 1.82) is 0 Å². The number of hydrazine groups is 1. The largest absolute Gasteiger partial charge is 0.464 e. The summed E-state index contributed by atoms with van der Waals surface area (Å²) in [5, 5.41) is 10.1. The highest BCUT2D eigenvalue weighted by molar-refractivity contribution is 5.82. The second kappa shape index (κ2) is 9.48. The number of benzene rings is 1. The van der Waals surface area contributed by atoms with Gasteiger partial charge in [0.15, 0.2) is 0 Å². The van der Waals surface area contributed by atoms with Gasteiger partial charge in [-0.25, -0.2) is 4.98 Å². The number of aromatic nitrogens is 1. The van der Waals surface area contributed by atoms with Crippen LogP contribution in [0.3, 0.4) is 0 Å². The van der Waals surface area contributed by atoms with Crippen LogP contribution in [-0.4, -0.2) is 65.1 Å². The van der Waals surface area contributed by atoms with Crippen molar-refractivity contribution in [2.24, 2.45) is 0 Å². The first-order chi connectivity index (χ1) is 16.1. The molecule has 2 aliphatic rings. The number of likely N-dealkylation sites (tertiary alicyclic amines) is 1. The van der Waals surface area contributed by atoms with Gasteiger partial charge in [-0.15, -0.1) is 0 Å². The van der Waals surface area contributed by atoms with E-state index in [0.29, 0.717) is 11.6 Å². The molecular formula is C24H29N5O4. The van der Waals surface area contributed by atoms with E-state index in [1.807, 2.05) is 36.5 Å². The summed E-state index contributed by atoms with van der Waals surface area (Å²) in [6.07, 6.45) is 5.57. The molecule has 2 saturated heterocycles. The molecule has 1 unspecified atom stereocenters. The second-order valence-corrected chi connectivity index (χ2v) is 8.70. The second-order valence-electron chi connectivity index (χ2n) is 8.70. The summed E-state index contributed by atoms with van der Waals surface area (Å²) >= 11 is 0. The van der Waals surface area contributed by atoms with Gasteiger partial charge in [-0.2, -0.15) is 0 Å². The number of carbonyl (C=O) groups is 1. The maximum absolute atomic E-state index is 11.8. The highest BCUT2D eigenvalue weighted by Gasteiger charge is 2.28. The van der Waals surface area contributed by atoms with Crippen molar-refractivity contribution in [3.8, 4) is 11.6 Å². The van der Waals surface area contributed by atoms with E-state index < -0.39 is 6.61 Å². The molecule has 0 spiro atoms. The van der Waals surface area contributed by atoms with Gasteiger partial charge >= 0.3 is 0 Å². The van der Waals surface area contributed by atoms with Crippen molar-refractivity contribution in [2.45, 2.75) is 31.5 Å². The smallest absolute Gasteiger partial charge is 0.248 e. The summed E-state index contributed by atoms with van der Waals surface area (Å²) in [6, 6.07) is 10.2. The minimum absolute atomic E-state index is 0.127. The maximum atomic E-state index is 11.8. The Hall–Kier alpha value is -2.98. The van der Waals surface area contributed by atoms with Crippen LogP contribution < -0.4 is 15.6 Å². The Kier molecular flexibility index (Phi) is 6.28. The SMILES string of the molecule is CN(C(=O)CO)[C@@H]1CCN(Cc2coc3cc(Oc4ccc(C5CCNN5)cn4)ccc23)C1. The van der Waals surface area contributed by atoms with Crippen LogP contribution in [0.25, 0.3) is 11.0 Å². The fraction of sp³-hybridized carbons (Fsp3) is 0.417. The first kappa shape index (κ1) is 21.8. The van der Waals surface area contributed by atoms with Crippen molar-refractivity contribution in [3.05, 3.63) is 53.9 Å². The molecule has 4 heterocycles. The fourth-order valence-corrected chi connectivity index (χ4v) is 4.59. The molecule has 1 aromatic carbocycles. The molecule has 2 atom stereocenters. The zero-order valence-electron chi connectivity index (χ0n) is 18.7. The zero-order valence-corrected chi connectivity index (χ0v) is 18.7. The van der Waals surface area contributed by atoms with Gasteiger partial charge in [-0.05, 0) is 30.5 Å². The van der Waals surface area contributed by atoms with Crippen LogP contribution in [0.5, 0.6) is 11.6 Å². The molecule has 0 saturated carbocycles. The van der Waals surface area contributed by atoms with Gasteiger partial charge in [0.25, 0.3) is 0 Å². The number of fused-ring (bicyclic) bond motifs is 1. The normalized spacial score (nSPS) is 21.0. The summed E-state index contributed by atoms with van der Waals surface area (Å²) in [6.45, 7) is 2.93. The molecule has 0 radical (unpaired) electrons. The Morgan fingerprint density at radius 1 is 1.33 bits per heavy atom. The lowest BCUT2D eigenvalue weighted by atomic mass is 10.1. The van der Waals surface area contributed by atoms with Gasteiger partial charge in [0.1, 0.15) is 17.9 Å². The molecule has 1 amide bonds. The summed E-state index contributed by atoms with van der Waals surface area (Å²) in [7, 11) is 1.76. The number of rotatable bonds is 7. The van der Waals surface area contributed by atoms with E-state index in [9.17, 15) is 4.79 Å². The molecule has 3 N–H and O–H groups in total. The number of pyridine rings is 1. The lowest BCUT2D eigenvalue weighted by Crippen LogP contribution is -2.40. The third-order valence-electron chi connectivity index (χ3n) is 6.56. The molecular weight excluding hydrogens is 422 g/mol. The molecule has 0 aliphatic carbocycles. The number of aliphatic hydroxyl groups excluding tert-OH is 1. The lowest BCUT2D eigenvalue weighted by Gasteiger charge is -2.24. The van der Waals surface area contributed by atoms with Crippen LogP contribution in [0.1, 0.15) is 30.0 Å². The monoisotopic (exact) mass is 451 g/mol. The molecule has 2 fully saturated rings. The Morgan fingerprint density at radius 2 is 2.24 bits per heavy atom. The van der Waals surface area contributed by atoms with Crippen molar-refractivity contribution in [2.75, 3.05) is 33.3 Å². The molecule has 0 bridgehead atoms. The fourth-order valence-electron chi connectivity index (χ4n) is 4.59. The third kappa shape index (κ3) is 4.72. The number of hydrogen-bond acceptors (Lipinski definition) is 8. The number of amides is 1. The minimum atomic E-state index is -0.446. The Labute approximate surface area is 192 Å². The number of furan rings is 1. The van der Waals surface area contributed by atoms with E-state index in [4.69, 9.17) is 14.3 Å². The Bertz CT molecular complexity index is 1110. The average molecular weight is 452 g/mol. The van der Waals surface area contributed by atoms with Crippen LogP contribution in [0.4, 0.5) is 0 Å². The van der Waals surface area contributed by atoms with Gasteiger partial charge < -0.3 is 19.2 Å². The van der Waals surface area contributed by atoms with Crippen LogP contribution in [0.15, 0.2) is 47.2 Å². The first-order valence-electron chi connectivity index (χ1n) is 11.3. The van der Waals surface area contributed by atoms with Crippen molar-refractivity contribution < 1.29 is 19.1 Å². The number of nitrogens with zero attached hydrogens (tertiary/aromatic N) is 3. The van der Waals surface area contributed by atoms with Crippen LogP contribution in [0.2, 0.25) is 0 Å². The van der Waals surface area contributed by atoms with Crippen LogP contribution >= 0.6 is 0 Å². The van der Waals surface area contributed by atoms with E-state index in [2.05, 4.69) is 20.7 Å². The van der Waals surface area contributed by atoms with E-state index in [0.717, 1.165) is 61.1 Å². The van der Waals surface area contributed by atoms with Gasteiger partial charge in [0, 0.05) is 74.6 Å². The summed E-state index contributed by atoms with van der Waals surface area (Å²) < 4.78 is 11.8. The van der Waals surface area contributed by atoms with Crippen LogP contribution in [-0.2, 0) is 11.3 Å². The van der Waals surface area contributed by atoms with Gasteiger partial charge in [0.05, 0.1) is 6.26 Å². The predicted molar refractivity (Wildman–Crippen MR) is 123 cm³/mol. The highest BCUT2D eigenvalue weighted by atomic mass is 16.5. The maximum Gasteiger partial charge on any atom is 0.248 e. The Morgan fingerprint density at radius 3 is 3.00 bits per heavy atom. The van der Waals surface area contributed by atoms with E-state index >= 15 is 0 Å². The summed E-state index contributed by atoms with van der Waals surface area (Å²) in [4.78, 5) is 20.2. The summed E-state index contributed by atoms with van der Waals surface area (Å²) in [5.74, 6) is 0.981. The first-order valence-corrected chi connectivity index (χ1v) is 11.3. The van der Waals surface area contributed by atoms with Gasteiger partial charge in [0.2, 0.25) is 11.8 Å². The molecule has 174 valence electrons. The number of carbonyl (C=O) groups excluding carboxylic acids is 1. The molecule has 5 rings (SSSR count). The van der Waals surface area contributed by atoms with E-state index in [1.165, 1.54) is 0 Å². The molecule has 9 heteroatoms. The third-order valence-corrected chi connectivity index (χ3v) is 6.56. The van der Waals surface area contributed by atoms with E-state index in [1.54, 1.807) is 18.2 Å². The summed E-state index contributed by atoms with van der Waals surface area (Å²) in [5.41, 5.74) is 9.37. The number of hydrogen-bond donors (Lipinski definition) is 3. The number of likely N-dealkylation sites (N-methyl/N-ethyl adjacent to an activating group) is 1. The van der Waals surface area contributed by atoms with Crippen LogP contribution in [0, 0.1) is 0 Å². The molecule has 9 nitrogen and oxygen atoms in total. The molecule has 2 aromatic heterocycles. The zero-order chi connectivity index (χ0) is 22.8. The lowest BCUT2D eigenvalue weighted by molar-refractivity contribution is -0.134. The average Bonchev–Trinajstić information content (AvgIpc) is 3.61. The molecule has 2 aliphatic heterocycles. The van der Waals surface area contributed by atoms with Crippen molar-refractivity contribution >= 4 is 16.9 Å². The predicted octanol–water partition coefficient (Wildman–Crippen LogP) is 2.18. The van der Waals surface area contributed by atoms with Crippen molar-refractivity contribution in [1.82, 2.24) is 25.6 Å². The topological polar surface area (TPSA) is 103 Å². The molecule has 3 aromatic rings. The number of aliphatic hydroxyl groups is 1. The number of ether oxygens (including phenoxy) is 1. The van der Waals surface area contributed by atoms with Gasteiger partial charge in [-0.1, -0.05) is 6.07 Å². The van der Waals surface area contributed by atoms with E-state index in [-0.39, 0.29) is 18.0 Å². The quantitative estimate of drug-likeness (QED) is 0.502. The van der Waals surface area contributed by atoms with Gasteiger partial charge in [-0.3, -0.25) is 20.5 Å². The molecule has 33 heavy (non-hydrogen) atoms. The Balaban J connectivity index is 1.22. The van der Waals surface area contributed by atoms with Crippen molar-refractivity contribution in [3.63, 3.8) is 0 Å². The highest BCUT2D eigenvalue weighted by Crippen LogP contribution is 2.30. The standard InChI is InChI=1S/C24H29N5O4/c1-28(24(31)14-30)18-7-9-29(13-18)12-17-15-32-22-10-19(3-4-20(17)22)33-23-5-2-16(11-25-23)21-6-8-26-27-21/h2-5,10-11,15,18,21,26-27,30H,6-9,12-14H2,1H3/t18-,21?/m1/s1. The minimum Gasteiger partial charge on any atom is -0.464 e. The number of nitrogens with one attached hydrogen (secondary N) is 2.